The van der Waals surface area contributed by atoms with E-state index < -0.39 is 0 Å². The van der Waals surface area contributed by atoms with Crippen molar-refractivity contribution in [2.75, 3.05) is 6.61 Å². The molecule has 4 heteroatoms. The molecule has 4 nitrogen and oxygen atoms in total. The minimum atomic E-state index is -0.0104. The number of carbonyl (C=O) groups is 1. The van der Waals surface area contributed by atoms with Gasteiger partial charge >= 0.3 is 0 Å². The summed E-state index contributed by atoms with van der Waals surface area (Å²) >= 11 is 0. The van der Waals surface area contributed by atoms with Crippen molar-refractivity contribution in [1.29, 1.82) is 0 Å². The van der Waals surface area contributed by atoms with Crippen molar-refractivity contribution in [2.24, 2.45) is 5.92 Å². The molecule has 0 bridgehead atoms. The van der Waals surface area contributed by atoms with Gasteiger partial charge in [0.05, 0.1) is 18.3 Å². The van der Waals surface area contributed by atoms with E-state index in [0.29, 0.717) is 17.9 Å². The number of nitrogens with one attached hydrogen (secondary N) is 1. The molecular weight excluding hydrogens is 240 g/mol. The molecule has 1 aliphatic carbocycles. The van der Waals surface area contributed by atoms with E-state index in [1.54, 1.807) is 0 Å². The summed E-state index contributed by atoms with van der Waals surface area (Å²) in [5.41, 5.74) is 0. The zero-order chi connectivity index (χ0) is 13.4. The van der Waals surface area contributed by atoms with Crippen LogP contribution in [0.1, 0.15) is 52.4 Å². The van der Waals surface area contributed by atoms with Gasteiger partial charge in [-0.05, 0) is 45.4 Å². The average Bonchev–Trinajstić information content (AvgIpc) is 2.99. The summed E-state index contributed by atoms with van der Waals surface area (Å²) in [6.07, 6.45) is 7.73. The van der Waals surface area contributed by atoms with Crippen LogP contribution in [0.2, 0.25) is 0 Å². The second-order valence-corrected chi connectivity index (χ2v) is 6.48. The van der Waals surface area contributed by atoms with E-state index in [4.69, 9.17) is 4.74 Å². The minimum absolute atomic E-state index is 0.0104. The van der Waals surface area contributed by atoms with Gasteiger partial charge in [0.25, 0.3) is 0 Å². The Morgan fingerprint density at radius 2 is 1.95 bits per heavy atom. The first-order valence-electron chi connectivity index (χ1n) is 7.86. The lowest BCUT2D eigenvalue weighted by Gasteiger charge is -2.39. The first-order valence-corrected chi connectivity index (χ1v) is 7.86. The monoisotopic (exact) mass is 266 g/mol. The Morgan fingerprint density at radius 1 is 1.21 bits per heavy atom. The van der Waals surface area contributed by atoms with Crippen LogP contribution in [0.15, 0.2) is 0 Å². The maximum Gasteiger partial charge on any atom is 0.240 e. The van der Waals surface area contributed by atoms with Gasteiger partial charge in [0, 0.05) is 12.6 Å². The molecule has 4 atom stereocenters. The molecule has 2 heterocycles. The molecule has 0 spiro atoms. The predicted octanol–water partition coefficient (Wildman–Crippen LogP) is 1.89. The van der Waals surface area contributed by atoms with Crippen molar-refractivity contribution in [3.05, 3.63) is 0 Å². The van der Waals surface area contributed by atoms with Crippen LogP contribution in [0.3, 0.4) is 0 Å². The predicted molar refractivity (Wildman–Crippen MR) is 73.6 cm³/mol. The highest BCUT2D eigenvalue weighted by Crippen LogP contribution is 2.34. The summed E-state index contributed by atoms with van der Waals surface area (Å²) < 4.78 is 5.63. The minimum Gasteiger partial charge on any atom is -0.378 e. The summed E-state index contributed by atoms with van der Waals surface area (Å²) in [6.45, 7) is 4.92. The van der Waals surface area contributed by atoms with Gasteiger partial charge in [-0.15, -0.1) is 0 Å². The van der Waals surface area contributed by atoms with Crippen LogP contribution in [-0.2, 0) is 9.53 Å². The van der Waals surface area contributed by atoms with Gasteiger partial charge in [0.2, 0.25) is 5.91 Å². The molecule has 2 aliphatic heterocycles. The van der Waals surface area contributed by atoms with Crippen LogP contribution < -0.4 is 5.32 Å². The zero-order valence-electron chi connectivity index (χ0n) is 12.1. The van der Waals surface area contributed by atoms with Gasteiger partial charge in [-0.1, -0.05) is 12.8 Å². The van der Waals surface area contributed by atoms with Gasteiger partial charge in [0.15, 0.2) is 0 Å². The Morgan fingerprint density at radius 3 is 2.63 bits per heavy atom. The second-order valence-electron chi connectivity index (χ2n) is 6.48. The third-order valence-electron chi connectivity index (χ3n) is 5.04. The molecule has 0 aromatic carbocycles. The highest BCUT2D eigenvalue weighted by atomic mass is 16.5. The van der Waals surface area contributed by atoms with E-state index >= 15 is 0 Å². The van der Waals surface area contributed by atoms with Gasteiger partial charge < -0.3 is 9.64 Å². The molecule has 3 rings (SSSR count). The molecule has 3 fully saturated rings. The summed E-state index contributed by atoms with van der Waals surface area (Å²) in [5, 5.41) is 3.54. The van der Waals surface area contributed by atoms with Crippen LogP contribution in [-0.4, -0.2) is 41.8 Å². The lowest BCUT2D eigenvalue weighted by atomic mass is 9.98. The molecule has 1 saturated carbocycles. The Hall–Kier alpha value is -0.610. The highest BCUT2D eigenvalue weighted by Gasteiger charge is 2.45. The molecule has 4 unspecified atom stereocenters. The number of carbonyl (C=O) groups excluding carboxylic acids is 1. The lowest BCUT2D eigenvalue weighted by molar-refractivity contribution is -0.136. The van der Waals surface area contributed by atoms with E-state index in [-0.39, 0.29) is 18.3 Å². The first-order chi connectivity index (χ1) is 9.16. The largest absolute Gasteiger partial charge is 0.378 e. The van der Waals surface area contributed by atoms with Crippen molar-refractivity contribution in [1.82, 2.24) is 10.2 Å². The van der Waals surface area contributed by atoms with Gasteiger partial charge in [-0.2, -0.15) is 0 Å². The molecule has 108 valence electrons. The van der Waals surface area contributed by atoms with E-state index in [0.717, 1.165) is 19.4 Å². The van der Waals surface area contributed by atoms with Crippen LogP contribution in [0.25, 0.3) is 0 Å². The van der Waals surface area contributed by atoms with Gasteiger partial charge in [-0.25, -0.2) is 0 Å². The fraction of sp³-hybridized carbons (Fsp3) is 0.933. The summed E-state index contributed by atoms with van der Waals surface area (Å²) in [5.74, 6) is 0.961. The van der Waals surface area contributed by atoms with E-state index in [2.05, 4.69) is 17.1 Å². The van der Waals surface area contributed by atoms with Crippen molar-refractivity contribution in [3.63, 3.8) is 0 Å². The van der Waals surface area contributed by atoms with E-state index in [1.165, 1.54) is 25.7 Å². The molecule has 2 saturated heterocycles. The second kappa shape index (κ2) is 5.41. The van der Waals surface area contributed by atoms with Crippen molar-refractivity contribution >= 4 is 5.91 Å². The fourth-order valence-corrected chi connectivity index (χ4v) is 4.04. The van der Waals surface area contributed by atoms with Crippen LogP contribution in [0, 0.1) is 5.92 Å². The molecule has 1 amide bonds. The maximum absolute atomic E-state index is 12.5. The lowest BCUT2D eigenvalue weighted by Crippen LogP contribution is -2.50. The normalized spacial score (nSPS) is 41.2. The van der Waals surface area contributed by atoms with Crippen LogP contribution in [0.4, 0.5) is 0 Å². The summed E-state index contributed by atoms with van der Waals surface area (Å²) in [6, 6.07) is 0.364. The number of ether oxygens (including phenoxy) is 1. The standard InChI is InChI=1S/C15H26N2O2/c1-10-9-13(7-8-19-10)17-14(12-5-3-4-6-12)16-11(2)15(17)18/h10-14,16H,3-9H2,1-2H3. The number of hydrogen-bond acceptors (Lipinski definition) is 3. The van der Waals surface area contributed by atoms with Crippen molar-refractivity contribution in [2.45, 2.75) is 76.7 Å². The van der Waals surface area contributed by atoms with Crippen LogP contribution >= 0.6 is 0 Å². The third kappa shape index (κ3) is 2.52. The topological polar surface area (TPSA) is 41.6 Å². The Kier molecular flexibility index (Phi) is 3.81. The summed E-state index contributed by atoms with van der Waals surface area (Å²) in [7, 11) is 0. The molecular formula is C15H26N2O2. The molecule has 3 aliphatic rings. The van der Waals surface area contributed by atoms with Crippen molar-refractivity contribution < 1.29 is 9.53 Å². The van der Waals surface area contributed by atoms with Crippen molar-refractivity contribution in [3.8, 4) is 0 Å². The molecule has 0 radical (unpaired) electrons. The number of nitrogens with zero attached hydrogens (tertiary/aromatic N) is 1. The molecule has 1 N–H and O–H groups in total. The number of hydrogen-bond donors (Lipinski definition) is 1. The Labute approximate surface area is 115 Å². The first kappa shape index (κ1) is 13.4. The highest BCUT2D eigenvalue weighted by molar-refractivity contribution is 5.84. The fourth-order valence-electron chi connectivity index (χ4n) is 4.04. The maximum atomic E-state index is 12.5. The molecule has 0 aromatic rings. The quantitative estimate of drug-likeness (QED) is 0.830. The number of amides is 1. The SMILES string of the molecule is CC1CC(N2C(=O)C(C)NC2C2CCCC2)CCO1. The Balaban J connectivity index is 1.76. The number of rotatable bonds is 2. The smallest absolute Gasteiger partial charge is 0.240 e. The van der Waals surface area contributed by atoms with Gasteiger partial charge in [0.1, 0.15) is 0 Å². The van der Waals surface area contributed by atoms with E-state index in [9.17, 15) is 4.79 Å². The molecule has 19 heavy (non-hydrogen) atoms. The molecule has 0 aromatic heterocycles. The Bertz CT molecular complexity index is 341. The third-order valence-corrected chi connectivity index (χ3v) is 5.04. The van der Waals surface area contributed by atoms with Crippen LogP contribution in [0.5, 0.6) is 0 Å². The summed E-state index contributed by atoms with van der Waals surface area (Å²) in [4.78, 5) is 14.7. The van der Waals surface area contributed by atoms with Gasteiger partial charge in [-0.3, -0.25) is 10.1 Å². The zero-order valence-corrected chi connectivity index (χ0v) is 12.1. The average molecular weight is 266 g/mol. The van der Waals surface area contributed by atoms with E-state index in [1.807, 2.05) is 6.92 Å².